The lowest BCUT2D eigenvalue weighted by atomic mass is 9.63. The molecule has 48 heavy (non-hydrogen) atoms. The molecule has 1 N–H and O–H groups in total. The number of fused-ring (bicyclic) bond motifs is 6. The number of sulfonamides is 1. The van der Waals surface area contributed by atoms with Gasteiger partial charge in [0.15, 0.2) is 0 Å². The van der Waals surface area contributed by atoms with Gasteiger partial charge in [-0.15, -0.1) is 0 Å². The molecule has 2 aromatic rings. The monoisotopic (exact) mass is 697 g/mol. The Kier molecular flexibility index (Phi) is 8.33. The van der Waals surface area contributed by atoms with E-state index in [1.807, 2.05) is 13.0 Å². The maximum absolute atomic E-state index is 15.5. The first-order valence-electron chi connectivity index (χ1n) is 17.6. The Morgan fingerprint density at radius 3 is 2.65 bits per heavy atom. The highest BCUT2D eigenvalue weighted by molar-refractivity contribution is 7.90. The van der Waals surface area contributed by atoms with Crippen LogP contribution in [0.2, 0.25) is 5.02 Å². The summed E-state index contributed by atoms with van der Waals surface area (Å²) >= 11 is 6.26. The van der Waals surface area contributed by atoms with E-state index in [0.29, 0.717) is 48.8 Å². The summed E-state index contributed by atoms with van der Waals surface area (Å²) in [5.41, 5.74) is 3.62. The Morgan fingerprint density at radius 1 is 1.10 bits per heavy atom. The van der Waals surface area contributed by atoms with Crippen LogP contribution in [-0.4, -0.2) is 76.5 Å². The molecular formula is C37H45ClFN3O5S. The fourth-order valence-electron chi connectivity index (χ4n) is 9.43. The summed E-state index contributed by atoms with van der Waals surface area (Å²) in [5, 5.41) is -0.599. The molecule has 0 radical (unpaired) electrons. The molecule has 11 heteroatoms. The first-order valence-corrected chi connectivity index (χ1v) is 19.5. The average Bonchev–Trinajstić information content (AvgIpc) is 3.20. The molecule has 9 rings (SSSR count). The van der Waals surface area contributed by atoms with E-state index in [1.165, 1.54) is 5.57 Å². The van der Waals surface area contributed by atoms with Gasteiger partial charge >= 0.3 is 0 Å². The molecule has 0 aromatic heterocycles. The van der Waals surface area contributed by atoms with E-state index in [0.717, 1.165) is 76.2 Å². The molecule has 1 amide bonds. The number of allylic oxidation sites excluding steroid dienone is 1. The number of anilines is 1. The van der Waals surface area contributed by atoms with Crippen LogP contribution in [0.1, 0.15) is 67.4 Å². The third-order valence-corrected chi connectivity index (χ3v) is 14.8. The Morgan fingerprint density at radius 2 is 1.90 bits per heavy atom. The number of morpholine rings is 1. The van der Waals surface area contributed by atoms with Gasteiger partial charge in [-0.25, -0.2) is 17.5 Å². The Bertz CT molecular complexity index is 1760. The van der Waals surface area contributed by atoms with Gasteiger partial charge in [0.2, 0.25) is 10.0 Å². The minimum absolute atomic E-state index is 0.139. The van der Waals surface area contributed by atoms with E-state index in [9.17, 15) is 13.2 Å². The summed E-state index contributed by atoms with van der Waals surface area (Å²) in [6.45, 7) is 8.66. The number of nitrogens with one attached hydrogen (secondary N) is 1. The highest BCUT2D eigenvalue weighted by Gasteiger charge is 2.48. The quantitative estimate of drug-likeness (QED) is 0.382. The molecule has 1 saturated heterocycles. The number of carbonyl (C=O) groups is 1. The summed E-state index contributed by atoms with van der Waals surface area (Å²) in [6.07, 6.45) is 7.73. The van der Waals surface area contributed by atoms with Gasteiger partial charge in [-0.2, -0.15) is 0 Å². The normalized spacial score (nSPS) is 34.7. The summed E-state index contributed by atoms with van der Waals surface area (Å²) < 4.78 is 57.3. The standard InChI is InChI=1S/C37H45ClFN3O5S/c1-22-23(2)48(44,45)40-36(43)24-6-10-33-32(18-24)42(20-37(21-47-33)11-3-4-29-30(37)8-9-31(38)34(29)39)19-25-5-7-28(25)35(27-16-26(22)17-27)41-12-14-46-15-13-41/h6,8-10,16,18,22-23,25-26,28,35H,3-5,7,11-15,17,19-21H2,1-2H3,(H,40,43)/t22-,23-,25+,26+,28-,35?,37+/m1/s1. The van der Waals surface area contributed by atoms with Gasteiger partial charge in [-0.1, -0.05) is 36.2 Å². The zero-order valence-corrected chi connectivity index (χ0v) is 29.3. The first kappa shape index (κ1) is 32.5. The molecule has 4 heterocycles. The van der Waals surface area contributed by atoms with Crippen LogP contribution in [0.3, 0.4) is 0 Å². The van der Waals surface area contributed by atoms with E-state index in [-0.39, 0.29) is 28.2 Å². The Balaban J connectivity index is 1.22. The molecule has 1 saturated carbocycles. The van der Waals surface area contributed by atoms with Crippen LogP contribution in [0.15, 0.2) is 42.0 Å². The first-order chi connectivity index (χ1) is 23.0. The van der Waals surface area contributed by atoms with Crippen LogP contribution in [0, 0.1) is 29.5 Å². The second-order valence-corrected chi connectivity index (χ2v) is 17.6. The molecule has 7 atom stereocenters. The lowest BCUT2D eigenvalue weighted by Crippen LogP contribution is -2.56. The maximum atomic E-state index is 15.5. The van der Waals surface area contributed by atoms with Crippen molar-refractivity contribution in [2.45, 2.75) is 69.1 Å². The van der Waals surface area contributed by atoms with Crippen molar-refractivity contribution in [3.05, 3.63) is 69.5 Å². The summed E-state index contributed by atoms with van der Waals surface area (Å²) in [7, 11) is -3.94. The van der Waals surface area contributed by atoms with Gasteiger partial charge in [-0.05, 0) is 105 Å². The van der Waals surface area contributed by atoms with Crippen LogP contribution >= 0.6 is 11.6 Å². The van der Waals surface area contributed by atoms with Crippen LogP contribution in [0.4, 0.5) is 10.1 Å². The van der Waals surface area contributed by atoms with Gasteiger partial charge < -0.3 is 14.4 Å². The summed E-state index contributed by atoms with van der Waals surface area (Å²) in [6, 6.07) is 9.16. The second kappa shape index (κ2) is 12.3. The molecule has 1 spiro atoms. The predicted octanol–water partition coefficient (Wildman–Crippen LogP) is 5.72. The van der Waals surface area contributed by atoms with Crippen LogP contribution in [0.25, 0.3) is 0 Å². The smallest absolute Gasteiger partial charge is 0.264 e. The highest BCUT2D eigenvalue weighted by atomic mass is 35.5. The molecule has 8 nitrogen and oxygen atoms in total. The van der Waals surface area contributed by atoms with Crippen molar-refractivity contribution >= 4 is 33.2 Å². The van der Waals surface area contributed by atoms with Gasteiger partial charge in [0.25, 0.3) is 5.91 Å². The van der Waals surface area contributed by atoms with Crippen molar-refractivity contribution in [1.82, 2.24) is 9.62 Å². The Labute approximate surface area is 288 Å². The molecule has 258 valence electrons. The number of carbonyl (C=O) groups excluding carboxylic acids is 1. The topological polar surface area (TPSA) is 88.2 Å². The third kappa shape index (κ3) is 5.46. The van der Waals surface area contributed by atoms with Crippen molar-refractivity contribution in [3.63, 3.8) is 0 Å². The summed E-state index contributed by atoms with van der Waals surface area (Å²) in [5.74, 6) is 0.538. The predicted molar refractivity (Wildman–Crippen MR) is 184 cm³/mol. The van der Waals surface area contributed by atoms with Crippen LogP contribution < -0.4 is 14.4 Å². The highest BCUT2D eigenvalue weighted by Crippen LogP contribution is 2.50. The van der Waals surface area contributed by atoms with E-state index >= 15 is 4.39 Å². The zero-order valence-electron chi connectivity index (χ0n) is 27.7. The number of amides is 1. The van der Waals surface area contributed by atoms with Crippen molar-refractivity contribution in [1.29, 1.82) is 0 Å². The fraction of sp³-hybridized carbons (Fsp3) is 0.595. The molecule has 7 aliphatic rings. The van der Waals surface area contributed by atoms with Crippen molar-refractivity contribution in [3.8, 4) is 5.75 Å². The lowest BCUT2D eigenvalue weighted by Gasteiger charge is -2.52. The molecular weight excluding hydrogens is 653 g/mol. The fourth-order valence-corrected chi connectivity index (χ4v) is 10.9. The summed E-state index contributed by atoms with van der Waals surface area (Å²) in [4.78, 5) is 18.5. The van der Waals surface area contributed by atoms with Crippen molar-refractivity contribution in [2.75, 3.05) is 50.9 Å². The largest absolute Gasteiger partial charge is 0.490 e. The minimum atomic E-state index is -3.94. The number of rotatable bonds is 1. The second-order valence-electron chi connectivity index (χ2n) is 15.1. The van der Waals surface area contributed by atoms with Gasteiger partial charge in [0.05, 0.1) is 35.8 Å². The number of ether oxygens (including phenoxy) is 2. The van der Waals surface area contributed by atoms with E-state index in [1.54, 1.807) is 31.2 Å². The number of hydrogen-bond donors (Lipinski definition) is 1. The molecule has 2 fully saturated rings. The zero-order chi connectivity index (χ0) is 33.4. The van der Waals surface area contributed by atoms with Crippen LogP contribution in [-0.2, 0) is 26.6 Å². The van der Waals surface area contributed by atoms with Crippen molar-refractivity contribution in [2.24, 2.45) is 23.7 Å². The van der Waals surface area contributed by atoms with Crippen molar-refractivity contribution < 1.29 is 27.1 Å². The van der Waals surface area contributed by atoms with Gasteiger partial charge in [0, 0.05) is 43.2 Å². The average molecular weight is 698 g/mol. The van der Waals surface area contributed by atoms with Crippen LogP contribution in [0.5, 0.6) is 5.75 Å². The number of hydrogen-bond acceptors (Lipinski definition) is 7. The molecule has 4 aliphatic heterocycles. The Hall–Kier alpha value is -2.66. The third-order valence-electron chi connectivity index (χ3n) is 12.6. The lowest BCUT2D eigenvalue weighted by molar-refractivity contribution is -0.0160. The van der Waals surface area contributed by atoms with Gasteiger partial charge in [-0.3, -0.25) is 9.69 Å². The minimum Gasteiger partial charge on any atom is -0.490 e. The molecule has 4 bridgehead atoms. The number of nitrogens with zero attached hydrogens (tertiary/aromatic N) is 2. The van der Waals surface area contributed by atoms with Gasteiger partial charge in [0.1, 0.15) is 11.6 Å². The van der Waals surface area contributed by atoms with E-state index < -0.39 is 26.6 Å². The molecule has 3 aliphatic carbocycles. The number of halogens is 2. The maximum Gasteiger partial charge on any atom is 0.264 e. The van der Waals surface area contributed by atoms with E-state index in [4.69, 9.17) is 21.1 Å². The molecule has 1 unspecified atom stereocenters. The SMILES string of the molecule is C[C@@H]1[C@@H](C)S(=O)(=O)NC(=O)c2ccc3c(c2)N(C[C@@H]2CC[C@H]2C(N2CCOCC2)C2=C[C@H]1C2)C[C@@]1(CCCc2c1ccc(Cl)c2F)CO3. The number of benzene rings is 2. The van der Waals surface area contributed by atoms with E-state index in [2.05, 4.69) is 20.6 Å². The molecule has 2 aromatic carbocycles.